The summed E-state index contributed by atoms with van der Waals surface area (Å²) in [6, 6.07) is 0.593. The fraction of sp³-hybridized carbons (Fsp3) is 0.857. The Kier molecular flexibility index (Phi) is 7.30. The number of hydrogen-bond acceptors (Lipinski definition) is 4. The minimum atomic E-state index is -2.87. The summed E-state index contributed by atoms with van der Waals surface area (Å²) in [6.07, 6.45) is 4.66. The van der Waals surface area contributed by atoms with Gasteiger partial charge in [-0.05, 0) is 40.5 Å². The van der Waals surface area contributed by atoms with Crippen LogP contribution in [0.1, 0.15) is 40.5 Å². The molecular weight excluding hydrogens is 261 g/mol. The van der Waals surface area contributed by atoms with Crippen LogP contribution in [0.3, 0.4) is 0 Å². The lowest BCUT2D eigenvalue weighted by atomic mass is 10.0. The smallest absolute Gasteiger partial charge is 0.309 e. The van der Waals surface area contributed by atoms with Gasteiger partial charge in [-0.3, -0.25) is 9.46 Å². The highest BCUT2D eigenvalue weighted by atomic mass is 31.2. The summed E-state index contributed by atoms with van der Waals surface area (Å²) in [5, 5.41) is 0. The van der Waals surface area contributed by atoms with Crippen LogP contribution in [0, 0.1) is 0 Å². The van der Waals surface area contributed by atoms with E-state index < -0.39 is 7.60 Å². The van der Waals surface area contributed by atoms with E-state index in [0.717, 1.165) is 25.9 Å². The number of nitrogens with zero attached hydrogens (tertiary/aromatic N) is 1. The molecule has 0 aromatic carbocycles. The molecule has 0 saturated carbocycles. The zero-order valence-electron chi connectivity index (χ0n) is 12.7. The molecule has 112 valence electrons. The first kappa shape index (κ1) is 16.9. The van der Waals surface area contributed by atoms with Gasteiger partial charge in [-0.2, -0.15) is 0 Å². The summed E-state index contributed by atoms with van der Waals surface area (Å²) in [5.74, 6) is 0. The van der Waals surface area contributed by atoms with Crippen molar-refractivity contribution in [3.05, 3.63) is 11.6 Å². The van der Waals surface area contributed by atoms with Crippen molar-refractivity contribution >= 4 is 7.60 Å². The van der Waals surface area contributed by atoms with Crippen molar-refractivity contribution < 1.29 is 13.6 Å². The Morgan fingerprint density at radius 3 is 2.37 bits per heavy atom. The molecule has 0 N–H and O–H groups in total. The van der Waals surface area contributed by atoms with Crippen LogP contribution in [0.5, 0.6) is 0 Å². The molecule has 1 heterocycles. The third-order valence-electron chi connectivity index (χ3n) is 3.42. The average molecular weight is 289 g/mol. The largest absolute Gasteiger partial charge is 0.330 e. The van der Waals surface area contributed by atoms with Gasteiger partial charge in [0.1, 0.15) is 0 Å². The van der Waals surface area contributed by atoms with Crippen LogP contribution < -0.4 is 0 Å². The van der Waals surface area contributed by atoms with E-state index in [1.807, 2.05) is 13.8 Å². The SMILES string of the molecule is CCOP(=O)(CCC1=CCN(C(C)C)CC1)OCC. The van der Waals surface area contributed by atoms with Gasteiger partial charge in [-0.1, -0.05) is 11.6 Å². The van der Waals surface area contributed by atoms with E-state index in [2.05, 4.69) is 24.8 Å². The van der Waals surface area contributed by atoms with Gasteiger partial charge in [0.2, 0.25) is 0 Å². The van der Waals surface area contributed by atoms with Crippen LogP contribution in [-0.4, -0.2) is 43.4 Å². The fourth-order valence-corrected chi connectivity index (χ4v) is 3.94. The van der Waals surface area contributed by atoms with Gasteiger partial charge in [0, 0.05) is 19.1 Å². The monoisotopic (exact) mass is 289 g/mol. The molecule has 19 heavy (non-hydrogen) atoms. The Morgan fingerprint density at radius 1 is 1.32 bits per heavy atom. The van der Waals surface area contributed by atoms with E-state index >= 15 is 0 Å². The van der Waals surface area contributed by atoms with Crippen LogP contribution >= 0.6 is 7.60 Å². The van der Waals surface area contributed by atoms with Crippen LogP contribution in [-0.2, 0) is 13.6 Å². The molecule has 0 aromatic heterocycles. The third kappa shape index (κ3) is 5.78. The minimum Gasteiger partial charge on any atom is -0.309 e. The lowest BCUT2D eigenvalue weighted by Gasteiger charge is -2.30. The second-order valence-corrected chi connectivity index (χ2v) is 7.31. The summed E-state index contributed by atoms with van der Waals surface area (Å²) in [4.78, 5) is 2.44. The third-order valence-corrected chi connectivity index (χ3v) is 5.50. The molecule has 1 aliphatic rings. The predicted octanol–water partition coefficient (Wildman–Crippen LogP) is 3.68. The normalized spacial score (nSPS) is 17.8. The van der Waals surface area contributed by atoms with Gasteiger partial charge in [-0.25, -0.2) is 0 Å². The lowest BCUT2D eigenvalue weighted by Crippen LogP contribution is -2.34. The van der Waals surface area contributed by atoms with Gasteiger partial charge in [0.15, 0.2) is 0 Å². The molecule has 0 bridgehead atoms. The molecule has 4 nitrogen and oxygen atoms in total. The van der Waals surface area contributed by atoms with E-state index in [4.69, 9.17) is 9.05 Å². The van der Waals surface area contributed by atoms with Crippen LogP contribution in [0.2, 0.25) is 0 Å². The average Bonchev–Trinajstić information content (AvgIpc) is 2.37. The molecule has 5 heteroatoms. The zero-order valence-corrected chi connectivity index (χ0v) is 13.6. The van der Waals surface area contributed by atoms with E-state index in [1.54, 1.807) is 0 Å². The van der Waals surface area contributed by atoms with Crippen molar-refractivity contribution in [3.8, 4) is 0 Å². The van der Waals surface area contributed by atoms with Gasteiger partial charge in [-0.15, -0.1) is 0 Å². The number of rotatable bonds is 8. The van der Waals surface area contributed by atoms with Crippen LogP contribution in [0.4, 0.5) is 0 Å². The Bertz CT molecular complexity index is 332. The van der Waals surface area contributed by atoms with Crippen molar-refractivity contribution in [3.63, 3.8) is 0 Å². The Hall–Kier alpha value is -0.150. The maximum absolute atomic E-state index is 12.3. The molecular formula is C14H28NO3P. The summed E-state index contributed by atoms with van der Waals surface area (Å²) in [6.45, 7) is 11.1. The van der Waals surface area contributed by atoms with E-state index in [0.29, 0.717) is 25.4 Å². The van der Waals surface area contributed by atoms with Crippen LogP contribution in [0.15, 0.2) is 11.6 Å². The quantitative estimate of drug-likeness (QED) is 0.504. The van der Waals surface area contributed by atoms with Gasteiger partial charge >= 0.3 is 7.60 Å². The first-order valence-electron chi connectivity index (χ1n) is 7.30. The molecule has 0 aromatic rings. The van der Waals surface area contributed by atoms with Crippen LogP contribution in [0.25, 0.3) is 0 Å². The van der Waals surface area contributed by atoms with Crippen molar-refractivity contribution in [2.24, 2.45) is 0 Å². The molecule has 0 unspecified atom stereocenters. The Morgan fingerprint density at radius 2 is 1.95 bits per heavy atom. The number of hydrogen-bond donors (Lipinski definition) is 0. The molecule has 1 rings (SSSR count). The second-order valence-electron chi connectivity index (χ2n) is 5.12. The molecule has 0 aliphatic carbocycles. The van der Waals surface area contributed by atoms with E-state index in [-0.39, 0.29) is 0 Å². The van der Waals surface area contributed by atoms with Gasteiger partial charge < -0.3 is 9.05 Å². The van der Waals surface area contributed by atoms with Crippen molar-refractivity contribution in [1.82, 2.24) is 4.90 Å². The first-order valence-corrected chi connectivity index (χ1v) is 9.03. The zero-order chi connectivity index (χ0) is 14.3. The Labute approximate surface area is 117 Å². The molecule has 0 fully saturated rings. The highest BCUT2D eigenvalue weighted by Crippen LogP contribution is 2.49. The highest BCUT2D eigenvalue weighted by Gasteiger charge is 2.24. The van der Waals surface area contributed by atoms with Gasteiger partial charge in [0.05, 0.1) is 19.4 Å². The molecule has 1 aliphatic heterocycles. The summed E-state index contributed by atoms with van der Waals surface area (Å²) in [7, 11) is -2.87. The summed E-state index contributed by atoms with van der Waals surface area (Å²) >= 11 is 0. The Balaban J connectivity index is 2.45. The highest BCUT2D eigenvalue weighted by molar-refractivity contribution is 7.53. The van der Waals surface area contributed by atoms with E-state index in [9.17, 15) is 4.57 Å². The molecule has 0 radical (unpaired) electrons. The maximum atomic E-state index is 12.3. The molecule has 0 spiro atoms. The topological polar surface area (TPSA) is 38.8 Å². The maximum Gasteiger partial charge on any atom is 0.330 e. The molecule has 0 atom stereocenters. The lowest BCUT2D eigenvalue weighted by molar-refractivity contribution is 0.219. The molecule has 0 amide bonds. The van der Waals surface area contributed by atoms with Crippen molar-refractivity contribution in [2.75, 3.05) is 32.5 Å². The summed E-state index contributed by atoms with van der Waals surface area (Å²) < 4.78 is 23.0. The van der Waals surface area contributed by atoms with Gasteiger partial charge in [0.25, 0.3) is 0 Å². The minimum absolute atomic E-state index is 0.442. The summed E-state index contributed by atoms with van der Waals surface area (Å²) in [5.41, 5.74) is 1.39. The fourth-order valence-electron chi connectivity index (χ4n) is 2.26. The van der Waals surface area contributed by atoms with Crippen molar-refractivity contribution in [1.29, 1.82) is 0 Å². The predicted molar refractivity (Wildman–Crippen MR) is 79.8 cm³/mol. The second kappa shape index (κ2) is 8.21. The van der Waals surface area contributed by atoms with Crippen molar-refractivity contribution in [2.45, 2.75) is 46.6 Å². The first-order chi connectivity index (χ1) is 9.00. The van der Waals surface area contributed by atoms with E-state index in [1.165, 1.54) is 5.57 Å². The molecule has 0 saturated heterocycles. The standard InChI is InChI=1S/C14H28NO3P/c1-5-17-19(16,18-6-2)12-9-14-7-10-15(11-8-14)13(3)4/h7,13H,5-6,8-12H2,1-4H3.